The van der Waals surface area contributed by atoms with Crippen LogP contribution in [0, 0.1) is 5.92 Å². The van der Waals surface area contributed by atoms with Crippen LogP contribution in [-0.4, -0.2) is 45.5 Å². The number of carbonyl (C=O) groups is 1. The van der Waals surface area contributed by atoms with Crippen LogP contribution < -0.4 is 4.74 Å². The summed E-state index contributed by atoms with van der Waals surface area (Å²) in [5.74, 6) is 0.772. The number of nitrogens with zero attached hydrogens (tertiary/aromatic N) is 3. The van der Waals surface area contributed by atoms with E-state index in [0.717, 1.165) is 41.6 Å². The first-order valence-electron chi connectivity index (χ1n) is 11.0. The molecule has 5 rings (SSSR count). The van der Waals surface area contributed by atoms with Crippen LogP contribution in [0.3, 0.4) is 0 Å². The molecule has 0 unspecified atom stereocenters. The van der Waals surface area contributed by atoms with Gasteiger partial charge in [0.2, 0.25) is 0 Å². The number of hydrogen-bond acceptors (Lipinski definition) is 4. The first-order chi connectivity index (χ1) is 15.6. The number of carbonyl (C=O) groups excluding carboxylic acids is 1. The largest absolute Gasteiger partial charge is 0.495 e. The first-order valence-corrected chi connectivity index (χ1v) is 11.4. The quantitative estimate of drug-likeness (QED) is 0.608. The predicted octanol–water partition coefficient (Wildman–Crippen LogP) is 4.24. The Hall–Kier alpha value is -2.83. The molecular weight excluding hydrogens is 426 g/mol. The summed E-state index contributed by atoms with van der Waals surface area (Å²) in [5, 5.41) is 14.5. The SMILES string of the molecule is COc1c(Cc2ccc(-n3cccn3)cc2)cc2c(c1Cl)CN([C@H]1CCC[C@@H]1CO)C2=O. The molecule has 0 spiro atoms. The Morgan fingerprint density at radius 2 is 2.06 bits per heavy atom. The van der Waals surface area contributed by atoms with Crippen LogP contribution in [0.2, 0.25) is 5.02 Å². The summed E-state index contributed by atoms with van der Waals surface area (Å²) in [6.07, 6.45) is 7.17. The summed E-state index contributed by atoms with van der Waals surface area (Å²) in [5.41, 5.74) is 4.45. The lowest BCUT2D eigenvalue weighted by atomic mass is 9.98. The molecule has 1 fully saturated rings. The van der Waals surface area contributed by atoms with E-state index in [1.165, 1.54) is 0 Å². The molecule has 0 bridgehead atoms. The maximum atomic E-state index is 13.3. The zero-order valence-corrected chi connectivity index (χ0v) is 18.8. The normalized spacial score (nSPS) is 20.1. The van der Waals surface area contributed by atoms with Gasteiger partial charge in [0.1, 0.15) is 5.75 Å². The van der Waals surface area contributed by atoms with Crippen molar-refractivity contribution in [3.05, 3.63) is 76.1 Å². The van der Waals surface area contributed by atoms with Crippen molar-refractivity contribution in [3.63, 3.8) is 0 Å². The maximum absolute atomic E-state index is 13.3. The van der Waals surface area contributed by atoms with Crippen LogP contribution in [0.15, 0.2) is 48.8 Å². The van der Waals surface area contributed by atoms with Gasteiger partial charge < -0.3 is 14.7 Å². The van der Waals surface area contributed by atoms with Gasteiger partial charge in [-0.3, -0.25) is 4.79 Å². The van der Waals surface area contributed by atoms with Crippen molar-refractivity contribution in [1.82, 2.24) is 14.7 Å². The van der Waals surface area contributed by atoms with Gasteiger partial charge in [-0.15, -0.1) is 0 Å². The Morgan fingerprint density at radius 1 is 1.25 bits per heavy atom. The second-order valence-corrected chi connectivity index (χ2v) is 8.95. The van der Waals surface area contributed by atoms with E-state index in [0.29, 0.717) is 29.3 Å². The molecule has 0 radical (unpaired) electrons. The van der Waals surface area contributed by atoms with Crippen molar-refractivity contribution < 1.29 is 14.6 Å². The summed E-state index contributed by atoms with van der Waals surface area (Å²) in [6.45, 7) is 0.588. The van der Waals surface area contributed by atoms with E-state index in [2.05, 4.69) is 17.2 Å². The van der Waals surface area contributed by atoms with Gasteiger partial charge in [0.05, 0.1) is 17.8 Å². The highest BCUT2D eigenvalue weighted by molar-refractivity contribution is 6.33. The lowest BCUT2D eigenvalue weighted by Crippen LogP contribution is -2.39. The lowest BCUT2D eigenvalue weighted by Gasteiger charge is -2.28. The molecule has 32 heavy (non-hydrogen) atoms. The third kappa shape index (κ3) is 3.57. The maximum Gasteiger partial charge on any atom is 0.254 e. The highest BCUT2D eigenvalue weighted by atomic mass is 35.5. The zero-order chi connectivity index (χ0) is 22.2. The number of fused-ring (bicyclic) bond motifs is 1. The molecule has 0 saturated heterocycles. The van der Waals surface area contributed by atoms with Crippen LogP contribution in [-0.2, 0) is 13.0 Å². The fraction of sp³-hybridized carbons (Fsp3) is 0.360. The monoisotopic (exact) mass is 451 g/mol. The van der Waals surface area contributed by atoms with E-state index in [1.807, 2.05) is 40.0 Å². The van der Waals surface area contributed by atoms with Gasteiger partial charge in [0.25, 0.3) is 5.91 Å². The molecule has 6 nitrogen and oxygen atoms in total. The van der Waals surface area contributed by atoms with Crippen molar-refractivity contribution >= 4 is 17.5 Å². The minimum Gasteiger partial charge on any atom is -0.495 e. The molecule has 1 amide bonds. The summed E-state index contributed by atoms with van der Waals surface area (Å²) in [7, 11) is 1.62. The van der Waals surface area contributed by atoms with E-state index in [9.17, 15) is 9.90 Å². The van der Waals surface area contributed by atoms with E-state index >= 15 is 0 Å². The summed E-state index contributed by atoms with van der Waals surface area (Å²) in [4.78, 5) is 15.2. The van der Waals surface area contributed by atoms with Gasteiger partial charge in [0.15, 0.2) is 0 Å². The van der Waals surface area contributed by atoms with Crippen LogP contribution in [0.25, 0.3) is 5.69 Å². The van der Waals surface area contributed by atoms with E-state index in [4.69, 9.17) is 16.3 Å². The Kier molecular flexibility index (Phi) is 5.66. The number of amides is 1. The van der Waals surface area contributed by atoms with Crippen LogP contribution in [0.1, 0.15) is 46.3 Å². The summed E-state index contributed by atoms with van der Waals surface area (Å²) >= 11 is 6.76. The lowest BCUT2D eigenvalue weighted by molar-refractivity contribution is 0.0612. The number of aliphatic hydroxyl groups excluding tert-OH is 1. The van der Waals surface area contributed by atoms with Crippen LogP contribution >= 0.6 is 11.6 Å². The molecule has 166 valence electrons. The molecule has 1 aromatic heterocycles. The predicted molar refractivity (Wildman–Crippen MR) is 122 cm³/mol. The number of benzene rings is 2. The van der Waals surface area contributed by atoms with Gasteiger partial charge >= 0.3 is 0 Å². The standard InChI is InChI=1S/C25H26ClN3O3/c1-32-24-18(12-16-6-8-19(9-7-16)29-11-3-10-27-29)13-20-21(23(24)26)14-28(25(20)31)22-5-2-4-17(22)15-30/h3,6-11,13,17,22,30H,2,4-5,12,14-15H2,1H3/t17-,22+/m1/s1. The van der Waals surface area contributed by atoms with E-state index < -0.39 is 0 Å². The Balaban J connectivity index is 1.44. The molecule has 2 atom stereocenters. The van der Waals surface area contributed by atoms with E-state index in [-0.39, 0.29) is 24.5 Å². The Labute approximate surface area is 192 Å². The number of halogens is 1. The third-order valence-electron chi connectivity index (χ3n) is 6.78. The minimum atomic E-state index is 0.00480. The molecule has 1 saturated carbocycles. The minimum absolute atomic E-state index is 0.00480. The van der Waals surface area contributed by atoms with Crippen molar-refractivity contribution in [2.24, 2.45) is 5.92 Å². The second kappa shape index (κ2) is 8.60. The second-order valence-electron chi connectivity index (χ2n) is 8.58. The van der Waals surface area contributed by atoms with Crippen molar-refractivity contribution in [1.29, 1.82) is 0 Å². The molecule has 2 aliphatic rings. The number of rotatable bonds is 6. The molecule has 1 aliphatic carbocycles. The summed E-state index contributed by atoms with van der Waals surface area (Å²) < 4.78 is 7.49. The number of aliphatic hydroxyl groups is 1. The number of ether oxygens (including phenoxy) is 1. The topological polar surface area (TPSA) is 67.6 Å². The van der Waals surface area contributed by atoms with Gasteiger partial charge in [0, 0.05) is 60.6 Å². The van der Waals surface area contributed by atoms with Gasteiger partial charge in [-0.1, -0.05) is 30.2 Å². The zero-order valence-electron chi connectivity index (χ0n) is 18.0. The van der Waals surface area contributed by atoms with Crippen LogP contribution in [0.5, 0.6) is 5.75 Å². The number of hydrogen-bond donors (Lipinski definition) is 1. The molecular formula is C25H26ClN3O3. The molecule has 2 heterocycles. The van der Waals surface area contributed by atoms with Crippen LogP contribution in [0.4, 0.5) is 0 Å². The molecule has 7 heteroatoms. The van der Waals surface area contributed by atoms with E-state index in [1.54, 1.807) is 13.3 Å². The Bertz CT molecular complexity index is 1130. The molecule has 1 aliphatic heterocycles. The number of aromatic nitrogens is 2. The first kappa shape index (κ1) is 21.0. The van der Waals surface area contributed by atoms with Gasteiger partial charge in [-0.05, 0) is 42.7 Å². The smallest absolute Gasteiger partial charge is 0.254 e. The van der Waals surface area contributed by atoms with Crippen molar-refractivity contribution in [2.75, 3.05) is 13.7 Å². The summed E-state index contributed by atoms with van der Waals surface area (Å²) in [6, 6.07) is 12.0. The Morgan fingerprint density at radius 3 is 2.75 bits per heavy atom. The highest BCUT2D eigenvalue weighted by Crippen LogP contribution is 2.42. The van der Waals surface area contributed by atoms with Crippen molar-refractivity contribution in [3.8, 4) is 11.4 Å². The average Bonchev–Trinajstić information content (AvgIpc) is 3.55. The highest BCUT2D eigenvalue weighted by Gasteiger charge is 2.40. The number of methoxy groups -OCH3 is 1. The fourth-order valence-corrected chi connectivity index (χ4v) is 5.49. The third-order valence-corrected chi connectivity index (χ3v) is 7.18. The molecule has 3 aromatic rings. The molecule has 1 N–H and O–H groups in total. The fourth-order valence-electron chi connectivity index (χ4n) is 5.13. The molecule has 2 aromatic carbocycles. The van der Waals surface area contributed by atoms with Gasteiger partial charge in [-0.2, -0.15) is 5.10 Å². The average molecular weight is 452 g/mol. The van der Waals surface area contributed by atoms with Gasteiger partial charge in [-0.25, -0.2) is 4.68 Å². The van der Waals surface area contributed by atoms with Crippen molar-refractivity contribution in [2.45, 2.75) is 38.3 Å².